The van der Waals surface area contributed by atoms with E-state index in [-0.39, 0.29) is 22.2 Å². The molecule has 0 aliphatic carbocycles. The molecule has 12 heteroatoms. The maximum atomic E-state index is 12.3. The first-order valence-electron chi connectivity index (χ1n) is 8.25. The molecule has 0 atom stereocenters. The molecule has 0 saturated carbocycles. The molecule has 0 saturated heterocycles. The van der Waals surface area contributed by atoms with Gasteiger partial charge in [0, 0.05) is 19.8 Å². The molecule has 1 N–H and O–H groups in total. The molecule has 0 spiro atoms. The van der Waals surface area contributed by atoms with E-state index in [9.17, 15) is 13.2 Å². The Bertz CT molecular complexity index is 1100. The minimum absolute atomic E-state index is 0.0654. The summed E-state index contributed by atoms with van der Waals surface area (Å²) >= 11 is 6.00. The van der Waals surface area contributed by atoms with E-state index in [1.807, 2.05) is 0 Å². The fraction of sp³-hybridized carbons (Fsp3) is 0.176. The zero-order valence-corrected chi connectivity index (χ0v) is 17.1. The average molecular weight is 437 g/mol. The zero-order valence-electron chi connectivity index (χ0n) is 15.5. The molecule has 1 amide bonds. The summed E-state index contributed by atoms with van der Waals surface area (Å²) in [4.78, 5) is 12.1. The lowest BCUT2D eigenvalue weighted by atomic mass is 10.3. The minimum atomic E-state index is -3.74. The van der Waals surface area contributed by atoms with Gasteiger partial charge >= 0.3 is 0 Å². The quantitative estimate of drug-likeness (QED) is 0.597. The summed E-state index contributed by atoms with van der Waals surface area (Å²) in [5, 5.41) is 13.5. The first kappa shape index (κ1) is 20.7. The SMILES string of the molecule is CN(C)S(=O)(=O)c1cc(NC(=O)COc2ccc(-n3cnnn3)cc2)ccc1Cl. The largest absolute Gasteiger partial charge is 0.484 e. The van der Waals surface area contributed by atoms with Crippen LogP contribution in [-0.4, -0.2) is 59.5 Å². The Morgan fingerprint density at radius 2 is 1.93 bits per heavy atom. The molecule has 1 aromatic heterocycles. The van der Waals surface area contributed by atoms with Crippen LogP contribution in [0.2, 0.25) is 5.02 Å². The summed E-state index contributed by atoms with van der Waals surface area (Å²) in [7, 11) is -0.945. The highest BCUT2D eigenvalue weighted by Gasteiger charge is 2.21. The first-order valence-corrected chi connectivity index (χ1v) is 10.1. The van der Waals surface area contributed by atoms with Crippen molar-refractivity contribution in [1.29, 1.82) is 0 Å². The number of anilines is 1. The van der Waals surface area contributed by atoms with Crippen LogP contribution in [0.15, 0.2) is 53.7 Å². The van der Waals surface area contributed by atoms with Crippen molar-refractivity contribution in [2.45, 2.75) is 4.90 Å². The van der Waals surface area contributed by atoms with Crippen molar-refractivity contribution >= 4 is 33.2 Å². The highest BCUT2D eigenvalue weighted by atomic mass is 35.5. The third-order valence-corrected chi connectivity index (χ3v) is 6.09. The number of carbonyl (C=O) groups excluding carboxylic acids is 1. The summed E-state index contributed by atoms with van der Waals surface area (Å²) in [5.41, 5.74) is 1.03. The lowest BCUT2D eigenvalue weighted by Crippen LogP contribution is -2.23. The smallest absolute Gasteiger partial charge is 0.262 e. The van der Waals surface area contributed by atoms with Crippen molar-refractivity contribution < 1.29 is 17.9 Å². The summed E-state index contributed by atoms with van der Waals surface area (Å²) < 4.78 is 32.6. The Labute approximate surface area is 172 Å². The predicted octanol–water partition coefficient (Wildman–Crippen LogP) is 1.58. The van der Waals surface area contributed by atoms with E-state index in [0.717, 1.165) is 9.99 Å². The molecule has 2 aromatic carbocycles. The lowest BCUT2D eigenvalue weighted by Gasteiger charge is -2.14. The zero-order chi connectivity index (χ0) is 21.0. The number of aromatic nitrogens is 4. The van der Waals surface area contributed by atoms with E-state index >= 15 is 0 Å². The van der Waals surface area contributed by atoms with Crippen LogP contribution in [0.1, 0.15) is 0 Å². The third-order valence-electron chi connectivity index (χ3n) is 3.79. The van der Waals surface area contributed by atoms with Gasteiger partial charge in [-0.3, -0.25) is 4.79 Å². The number of hydrogen-bond donors (Lipinski definition) is 1. The maximum Gasteiger partial charge on any atom is 0.262 e. The standard InChI is InChI=1S/C17H17ClN6O4S/c1-23(2)29(26,27)16-9-12(3-8-15(16)18)20-17(25)10-28-14-6-4-13(5-7-14)24-11-19-21-22-24/h3-9,11H,10H2,1-2H3,(H,20,25). The highest BCUT2D eigenvalue weighted by Crippen LogP contribution is 2.26. The number of nitrogens with one attached hydrogen (secondary N) is 1. The number of tetrazole rings is 1. The number of benzene rings is 2. The molecule has 0 unspecified atom stereocenters. The van der Waals surface area contributed by atoms with Gasteiger partial charge in [-0.25, -0.2) is 17.4 Å². The van der Waals surface area contributed by atoms with Crippen LogP contribution >= 0.6 is 11.6 Å². The van der Waals surface area contributed by atoms with Gasteiger partial charge in [0.15, 0.2) is 6.61 Å². The molecule has 10 nitrogen and oxygen atoms in total. The summed E-state index contributed by atoms with van der Waals surface area (Å²) in [5.74, 6) is 0.0223. The molecular weight excluding hydrogens is 420 g/mol. The second-order valence-corrected chi connectivity index (χ2v) is 8.55. The number of rotatable bonds is 7. The first-order chi connectivity index (χ1) is 13.8. The molecule has 29 heavy (non-hydrogen) atoms. The second-order valence-electron chi connectivity index (χ2n) is 6.02. The summed E-state index contributed by atoms with van der Waals surface area (Å²) in [6.07, 6.45) is 1.46. The monoisotopic (exact) mass is 436 g/mol. The summed E-state index contributed by atoms with van der Waals surface area (Å²) in [6, 6.07) is 11.0. The van der Waals surface area contributed by atoms with Crippen LogP contribution in [0.4, 0.5) is 5.69 Å². The van der Waals surface area contributed by atoms with Crippen LogP contribution in [0.5, 0.6) is 5.75 Å². The number of nitrogens with zero attached hydrogens (tertiary/aromatic N) is 5. The number of ether oxygens (including phenoxy) is 1. The fourth-order valence-electron chi connectivity index (χ4n) is 2.30. The second kappa shape index (κ2) is 8.55. The van der Waals surface area contributed by atoms with E-state index in [0.29, 0.717) is 5.75 Å². The van der Waals surface area contributed by atoms with Gasteiger partial charge in [-0.1, -0.05) is 11.6 Å². The van der Waals surface area contributed by atoms with E-state index < -0.39 is 15.9 Å². The molecule has 1 heterocycles. The summed E-state index contributed by atoms with van der Waals surface area (Å²) in [6.45, 7) is -0.261. The van der Waals surface area contributed by atoms with E-state index in [4.69, 9.17) is 16.3 Å². The number of amides is 1. The van der Waals surface area contributed by atoms with E-state index in [1.54, 1.807) is 24.3 Å². The van der Waals surface area contributed by atoms with Crippen molar-refractivity contribution in [2.75, 3.05) is 26.0 Å². The van der Waals surface area contributed by atoms with Crippen LogP contribution in [0.25, 0.3) is 5.69 Å². The average Bonchev–Trinajstić information content (AvgIpc) is 3.23. The van der Waals surface area contributed by atoms with Crippen molar-refractivity contribution in [3.8, 4) is 11.4 Å². The Morgan fingerprint density at radius 3 is 2.55 bits per heavy atom. The number of sulfonamides is 1. The molecule has 152 valence electrons. The number of carbonyl (C=O) groups is 1. The Kier molecular flexibility index (Phi) is 6.11. The molecule has 0 aliphatic heterocycles. The van der Waals surface area contributed by atoms with Gasteiger partial charge in [-0.05, 0) is 52.9 Å². The van der Waals surface area contributed by atoms with Crippen LogP contribution in [-0.2, 0) is 14.8 Å². The van der Waals surface area contributed by atoms with Gasteiger partial charge in [0.1, 0.15) is 17.0 Å². The van der Waals surface area contributed by atoms with Gasteiger partial charge in [-0.2, -0.15) is 0 Å². The van der Waals surface area contributed by atoms with Crippen LogP contribution < -0.4 is 10.1 Å². The van der Waals surface area contributed by atoms with E-state index in [2.05, 4.69) is 20.8 Å². The predicted molar refractivity (Wildman–Crippen MR) is 106 cm³/mol. The molecule has 0 radical (unpaired) electrons. The van der Waals surface area contributed by atoms with Gasteiger partial charge in [0.05, 0.1) is 10.7 Å². The molecule has 3 aromatic rings. The van der Waals surface area contributed by atoms with Crippen molar-refractivity contribution in [1.82, 2.24) is 24.5 Å². The Balaban J connectivity index is 1.62. The molecule has 3 rings (SSSR count). The van der Waals surface area contributed by atoms with Crippen LogP contribution in [0.3, 0.4) is 0 Å². The van der Waals surface area contributed by atoms with Crippen LogP contribution in [0, 0.1) is 0 Å². The Hall–Kier alpha value is -3.02. The van der Waals surface area contributed by atoms with Gasteiger partial charge in [0.2, 0.25) is 10.0 Å². The van der Waals surface area contributed by atoms with Crippen molar-refractivity contribution in [2.24, 2.45) is 0 Å². The van der Waals surface area contributed by atoms with Gasteiger partial charge in [0.25, 0.3) is 5.91 Å². The van der Waals surface area contributed by atoms with E-state index in [1.165, 1.54) is 43.3 Å². The minimum Gasteiger partial charge on any atom is -0.484 e. The molecule has 0 aliphatic rings. The third kappa shape index (κ3) is 4.88. The molecule has 0 fully saturated rings. The fourth-order valence-corrected chi connectivity index (χ4v) is 3.69. The number of halogens is 1. The Morgan fingerprint density at radius 1 is 1.21 bits per heavy atom. The highest BCUT2D eigenvalue weighted by molar-refractivity contribution is 7.89. The van der Waals surface area contributed by atoms with Gasteiger partial charge < -0.3 is 10.1 Å². The number of hydrogen-bond acceptors (Lipinski definition) is 7. The lowest BCUT2D eigenvalue weighted by molar-refractivity contribution is -0.118. The van der Waals surface area contributed by atoms with Crippen molar-refractivity contribution in [3.05, 3.63) is 53.8 Å². The topological polar surface area (TPSA) is 119 Å². The maximum absolute atomic E-state index is 12.3. The normalized spacial score (nSPS) is 11.4. The van der Waals surface area contributed by atoms with Gasteiger partial charge in [-0.15, -0.1) is 5.10 Å². The molecule has 0 bridgehead atoms. The van der Waals surface area contributed by atoms with Crippen molar-refractivity contribution in [3.63, 3.8) is 0 Å². The molecular formula is C17H17ClN6O4S.